The molecule has 1 aliphatic heterocycles. The summed E-state index contributed by atoms with van der Waals surface area (Å²) in [4.78, 5) is 19.1. The maximum atomic E-state index is 11.1. The van der Waals surface area contributed by atoms with Crippen LogP contribution < -0.4 is 10.6 Å². The quantitative estimate of drug-likeness (QED) is 0.407. The first-order valence-electron chi connectivity index (χ1n) is 6.43. The van der Waals surface area contributed by atoms with E-state index >= 15 is 0 Å². The van der Waals surface area contributed by atoms with Crippen LogP contribution in [0.25, 0.3) is 0 Å². The molecule has 2 atom stereocenters. The van der Waals surface area contributed by atoms with Crippen molar-refractivity contribution in [3.63, 3.8) is 0 Å². The number of aldehydes is 1. The molecule has 2 unspecified atom stereocenters. The number of aliphatic hydroxyl groups excluding tert-OH is 1. The van der Waals surface area contributed by atoms with Crippen molar-refractivity contribution in [3.05, 3.63) is 12.0 Å². The third kappa shape index (κ3) is 2.81. The maximum Gasteiger partial charge on any atom is 0.196 e. The first kappa shape index (κ1) is 14.5. The molecule has 1 aliphatic rings. The number of nitrogens with zero attached hydrogens (tertiary/aromatic N) is 3. The highest BCUT2D eigenvalue weighted by Crippen LogP contribution is 2.31. The molecule has 0 aliphatic carbocycles. The predicted octanol–water partition coefficient (Wildman–Crippen LogP) is -0.0174. The summed E-state index contributed by atoms with van der Waals surface area (Å²) in [5, 5.41) is 15.0. The van der Waals surface area contributed by atoms with E-state index in [-0.39, 0.29) is 24.6 Å². The zero-order valence-corrected chi connectivity index (χ0v) is 11.5. The van der Waals surface area contributed by atoms with Crippen LogP contribution in [0.2, 0.25) is 0 Å². The highest BCUT2D eigenvalue weighted by Gasteiger charge is 2.28. The summed E-state index contributed by atoms with van der Waals surface area (Å²) in [5.74, 6) is 1.05. The number of ether oxygens (including phenoxy) is 1. The van der Waals surface area contributed by atoms with Gasteiger partial charge in [0.25, 0.3) is 0 Å². The number of carbonyl (C=O) groups is 1. The molecule has 1 aromatic heterocycles. The van der Waals surface area contributed by atoms with Crippen LogP contribution in [0.5, 0.6) is 0 Å². The molecule has 8 nitrogen and oxygen atoms in total. The number of nitrogens with one attached hydrogen (secondary N) is 2. The average molecular weight is 281 g/mol. The Morgan fingerprint density at radius 2 is 2.50 bits per heavy atom. The minimum Gasteiger partial charge on any atom is -0.394 e. The number of carbonyl (C=O) groups excluding carboxylic acids is 1. The molecule has 0 saturated carbocycles. The second-order valence-electron chi connectivity index (χ2n) is 4.42. The minimum atomic E-state index is -0.245. The molecule has 1 aromatic rings. The Kier molecular flexibility index (Phi) is 4.70. The van der Waals surface area contributed by atoms with Crippen LogP contribution in [0, 0.1) is 0 Å². The topological polar surface area (TPSA) is 101 Å². The summed E-state index contributed by atoms with van der Waals surface area (Å²) in [6.45, 7) is -0.00726. The molecular weight excluding hydrogens is 262 g/mol. The van der Waals surface area contributed by atoms with Crippen molar-refractivity contribution in [3.8, 4) is 0 Å². The highest BCUT2D eigenvalue weighted by atomic mass is 16.5. The first-order chi connectivity index (χ1) is 9.73. The van der Waals surface area contributed by atoms with E-state index in [4.69, 9.17) is 9.84 Å². The largest absolute Gasteiger partial charge is 0.394 e. The van der Waals surface area contributed by atoms with Gasteiger partial charge in [-0.05, 0) is 12.8 Å². The number of hydrogen-bond acceptors (Lipinski definition) is 5. The number of aliphatic hydroxyl groups is 1. The summed E-state index contributed by atoms with van der Waals surface area (Å²) < 4.78 is 7.45. The third-order valence-corrected chi connectivity index (χ3v) is 3.23. The second kappa shape index (κ2) is 6.49. The van der Waals surface area contributed by atoms with E-state index in [9.17, 15) is 4.79 Å². The van der Waals surface area contributed by atoms with Gasteiger partial charge in [-0.1, -0.05) is 0 Å². The lowest BCUT2D eigenvalue weighted by molar-refractivity contribution is -0.0214. The Labute approximate surface area is 116 Å². The fourth-order valence-corrected chi connectivity index (χ4v) is 2.18. The maximum absolute atomic E-state index is 11.1. The van der Waals surface area contributed by atoms with Crippen molar-refractivity contribution in [2.75, 3.05) is 26.0 Å². The molecule has 0 radical (unpaired) electrons. The van der Waals surface area contributed by atoms with Gasteiger partial charge < -0.3 is 20.5 Å². The fourth-order valence-electron chi connectivity index (χ4n) is 2.18. The minimum absolute atomic E-state index is 0.00726. The molecule has 20 heavy (non-hydrogen) atoms. The summed E-state index contributed by atoms with van der Waals surface area (Å²) in [6.07, 6.45) is 3.35. The standard InChI is InChI=1S/C12H19N5O3/c1-13-12(14-2)16-11-9(6-19)15-7-17(11)10-4-3-8(5-18)20-10/h6-8,10,18H,3-5H2,1-2H3,(H2,13,14,16). The number of rotatable bonds is 4. The van der Waals surface area contributed by atoms with E-state index in [0.29, 0.717) is 18.1 Å². The van der Waals surface area contributed by atoms with Gasteiger partial charge in [-0.15, -0.1) is 0 Å². The number of imidazole rings is 1. The number of hydrogen-bond donors (Lipinski definition) is 3. The van der Waals surface area contributed by atoms with Crippen molar-refractivity contribution < 1.29 is 14.6 Å². The van der Waals surface area contributed by atoms with Gasteiger partial charge in [0.05, 0.1) is 19.0 Å². The molecule has 110 valence electrons. The Morgan fingerprint density at radius 1 is 1.70 bits per heavy atom. The van der Waals surface area contributed by atoms with Gasteiger partial charge in [0.2, 0.25) is 0 Å². The number of aromatic nitrogens is 2. The Morgan fingerprint density at radius 3 is 3.05 bits per heavy atom. The normalized spacial score (nSPS) is 22.9. The zero-order valence-electron chi connectivity index (χ0n) is 11.5. The number of anilines is 1. The predicted molar refractivity (Wildman–Crippen MR) is 73.9 cm³/mol. The molecule has 1 fully saturated rings. The van der Waals surface area contributed by atoms with Crippen LogP contribution in [0.15, 0.2) is 11.3 Å². The lowest BCUT2D eigenvalue weighted by Crippen LogP contribution is -2.29. The Balaban J connectivity index is 2.25. The van der Waals surface area contributed by atoms with E-state index in [1.54, 1.807) is 25.0 Å². The van der Waals surface area contributed by atoms with E-state index in [0.717, 1.165) is 12.8 Å². The molecule has 2 rings (SSSR count). The first-order valence-corrected chi connectivity index (χ1v) is 6.43. The zero-order chi connectivity index (χ0) is 14.5. The summed E-state index contributed by atoms with van der Waals surface area (Å²) in [6, 6.07) is 0. The highest BCUT2D eigenvalue weighted by molar-refractivity contribution is 5.96. The summed E-state index contributed by atoms with van der Waals surface area (Å²) >= 11 is 0. The molecule has 0 amide bonds. The van der Waals surface area contributed by atoms with E-state index in [1.807, 2.05) is 0 Å². The fraction of sp³-hybridized carbons (Fsp3) is 0.583. The van der Waals surface area contributed by atoms with Crippen molar-refractivity contribution in [2.24, 2.45) is 4.99 Å². The SMILES string of the molecule is CN=C(NC)Nc1c(C=O)ncn1C1CCC(CO)O1. The number of aliphatic imine (C=N–C) groups is 1. The summed E-state index contributed by atoms with van der Waals surface area (Å²) in [5.41, 5.74) is 0.289. The van der Waals surface area contributed by atoms with Gasteiger partial charge in [-0.3, -0.25) is 14.4 Å². The Bertz CT molecular complexity index is 499. The van der Waals surface area contributed by atoms with E-state index < -0.39 is 0 Å². The Hall–Kier alpha value is -1.93. The van der Waals surface area contributed by atoms with Gasteiger partial charge in [-0.25, -0.2) is 4.98 Å². The number of guanidine groups is 1. The molecule has 0 spiro atoms. The van der Waals surface area contributed by atoms with Crippen molar-refractivity contribution >= 4 is 18.1 Å². The average Bonchev–Trinajstić information content (AvgIpc) is 3.10. The molecule has 2 heterocycles. The van der Waals surface area contributed by atoms with Gasteiger partial charge in [0, 0.05) is 14.1 Å². The van der Waals surface area contributed by atoms with Crippen LogP contribution in [-0.2, 0) is 4.74 Å². The van der Waals surface area contributed by atoms with Gasteiger partial charge >= 0.3 is 0 Å². The van der Waals surface area contributed by atoms with Gasteiger partial charge in [0.1, 0.15) is 17.7 Å². The lowest BCUT2D eigenvalue weighted by atomic mass is 10.2. The van der Waals surface area contributed by atoms with E-state index in [1.165, 1.54) is 0 Å². The van der Waals surface area contributed by atoms with E-state index in [2.05, 4.69) is 20.6 Å². The van der Waals surface area contributed by atoms with Crippen LogP contribution >= 0.6 is 0 Å². The van der Waals surface area contributed by atoms with Crippen molar-refractivity contribution in [1.82, 2.24) is 14.9 Å². The van der Waals surface area contributed by atoms with Crippen molar-refractivity contribution in [1.29, 1.82) is 0 Å². The van der Waals surface area contributed by atoms with Crippen LogP contribution in [0.3, 0.4) is 0 Å². The summed E-state index contributed by atoms with van der Waals surface area (Å²) in [7, 11) is 3.36. The lowest BCUT2D eigenvalue weighted by Gasteiger charge is -2.18. The molecule has 1 saturated heterocycles. The smallest absolute Gasteiger partial charge is 0.196 e. The third-order valence-electron chi connectivity index (χ3n) is 3.23. The van der Waals surface area contributed by atoms with Crippen LogP contribution in [0.4, 0.5) is 5.82 Å². The second-order valence-corrected chi connectivity index (χ2v) is 4.42. The van der Waals surface area contributed by atoms with Gasteiger partial charge in [-0.2, -0.15) is 0 Å². The monoisotopic (exact) mass is 281 g/mol. The molecule has 0 aromatic carbocycles. The molecule has 8 heteroatoms. The molecule has 3 N–H and O–H groups in total. The molecule has 0 bridgehead atoms. The van der Waals surface area contributed by atoms with Crippen molar-refractivity contribution in [2.45, 2.75) is 25.2 Å². The van der Waals surface area contributed by atoms with Crippen LogP contribution in [0.1, 0.15) is 29.6 Å². The van der Waals surface area contributed by atoms with Gasteiger partial charge in [0.15, 0.2) is 12.2 Å². The van der Waals surface area contributed by atoms with Crippen LogP contribution in [-0.4, -0.2) is 53.7 Å². The molecular formula is C12H19N5O3.